The second kappa shape index (κ2) is 8.32. The highest BCUT2D eigenvalue weighted by Gasteiger charge is 2.08. The molecule has 0 saturated carbocycles. The third kappa shape index (κ3) is 3.53. The predicted molar refractivity (Wildman–Crippen MR) is 96.1 cm³/mol. The average molecular weight is 297 g/mol. The lowest BCUT2D eigenvalue weighted by molar-refractivity contribution is 0.740. The highest BCUT2D eigenvalue weighted by atomic mass is 15.3. The third-order valence-corrected chi connectivity index (χ3v) is 3.49. The first kappa shape index (κ1) is 17.9. The van der Waals surface area contributed by atoms with Crippen molar-refractivity contribution >= 4 is 10.8 Å². The van der Waals surface area contributed by atoms with E-state index < -0.39 is 0 Å². The summed E-state index contributed by atoms with van der Waals surface area (Å²) in [5, 5.41) is 6.70. The fourth-order valence-corrected chi connectivity index (χ4v) is 2.22. The number of hydrogen-bond acceptors (Lipinski definition) is 2. The molecule has 0 amide bonds. The van der Waals surface area contributed by atoms with Gasteiger partial charge in [0.2, 0.25) is 0 Å². The van der Waals surface area contributed by atoms with Gasteiger partial charge < -0.3 is 0 Å². The fraction of sp³-hybridized carbons (Fsp3) is 0.368. The lowest BCUT2D eigenvalue weighted by Gasteiger charge is -2.04. The van der Waals surface area contributed by atoms with Crippen molar-refractivity contribution in [1.82, 2.24) is 14.8 Å². The highest BCUT2D eigenvalue weighted by molar-refractivity contribution is 5.87. The first-order valence-corrected chi connectivity index (χ1v) is 8.01. The van der Waals surface area contributed by atoms with Crippen LogP contribution in [-0.2, 0) is 7.05 Å². The van der Waals surface area contributed by atoms with Crippen LogP contribution in [0.1, 0.15) is 39.0 Å². The zero-order valence-corrected chi connectivity index (χ0v) is 14.8. The van der Waals surface area contributed by atoms with E-state index >= 15 is 0 Å². The van der Waals surface area contributed by atoms with Gasteiger partial charge in [-0.3, -0.25) is 9.67 Å². The quantitative estimate of drug-likeness (QED) is 0.610. The number of fused-ring (bicyclic) bond motifs is 1. The second-order valence-electron chi connectivity index (χ2n) is 4.63. The van der Waals surface area contributed by atoms with Crippen LogP contribution in [0.4, 0.5) is 0 Å². The number of pyridine rings is 1. The van der Waals surface area contributed by atoms with Gasteiger partial charge in [0, 0.05) is 29.9 Å². The van der Waals surface area contributed by atoms with Gasteiger partial charge >= 0.3 is 0 Å². The summed E-state index contributed by atoms with van der Waals surface area (Å²) in [7, 11) is 1.95. The van der Waals surface area contributed by atoms with Gasteiger partial charge in [-0.1, -0.05) is 45.9 Å². The van der Waals surface area contributed by atoms with Crippen LogP contribution in [0.2, 0.25) is 0 Å². The predicted octanol–water partition coefficient (Wildman–Crippen LogP) is 5.30. The standard InChI is InChI=1S/C15H15N3.2C2H6/c1-10-5-4-6-12-7-15(16-8-13(10)12)14-9-17-18(3)11(14)2;2*1-2/h4-9H,1-3H3;2*1-2H3. The molecule has 3 heteroatoms. The molecule has 0 unspecified atom stereocenters. The van der Waals surface area contributed by atoms with E-state index in [1.54, 1.807) is 0 Å². The molecule has 22 heavy (non-hydrogen) atoms. The minimum atomic E-state index is 0.985. The number of aromatic nitrogens is 3. The van der Waals surface area contributed by atoms with Crippen LogP contribution in [-0.4, -0.2) is 14.8 Å². The van der Waals surface area contributed by atoms with Crippen LogP contribution in [0.5, 0.6) is 0 Å². The van der Waals surface area contributed by atoms with Crippen molar-refractivity contribution in [3.8, 4) is 11.3 Å². The smallest absolute Gasteiger partial charge is 0.0742 e. The summed E-state index contributed by atoms with van der Waals surface area (Å²) in [6, 6.07) is 8.45. The Morgan fingerprint density at radius 3 is 2.23 bits per heavy atom. The Kier molecular flexibility index (Phi) is 6.77. The van der Waals surface area contributed by atoms with Crippen LogP contribution in [0.25, 0.3) is 22.0 Å². The number of aryl methyl sites for hydroxylation is 2. The van der Waals surface area contributed by atoms with Crippen molar-refractivity contribution in [1.29, 1.82) is 0 Å². The summed E-state index contributed by atoms with van der Waals surface area (Å²) < 4.78 is 1.87. The topological polar surface area (TPSA) is 30.7 Å². The Morgan fingerprint density at radius 2 is 1.64 bits per heavy atom. The maximum atomic E-state index is 4.56. The number of benzene rings is 1. The van der Waals surface area contributed by atoms with Gasteiger partial charge in [-0.05, 0) is 30.9 Å². The molecule has 2 aromatic heterocycles. The van der Waals surface area contributed by atoms with Crippen LogP contribution >= 0.6 is 0 Å². The van der Waals surface area contributed by atoms with E-state index in [1.807, 2.05) is 51.8 Å². The fourth-order valence-electron chi connectivity index (χ4n) is 2.22. The van der Waals surface area contributed by atoms with Gasteiger partial charge in [0.05, 0.1) is 11.9 Å². The second-order valence-corrected chi connectivity index (χ2v) is 4.63. The minimum absolute atomic E-state index is 0.985. The van der Waals surface area contributed by atoms with Crippen LogP contribution in [0, 0.1) is 13.8 Å². The molecule has 0 atom stereocenters. The highest BCUT2D eigenvalue weighted by Crippen LogP contribution is 2.25. The molecule has 3 nitrogen and oxygen atoms in total. The Bertz CT molecular complexity index is 727. The molecule has 0 N–H and O–H groups in total. The van der Waals surface area contributed by atoms with Gasteiger partial charge in [0.15, 0.2) is 0 Å². The van der Waals surface area contributed by atoms with E-state index in [0.717, 1.165) is 17.0 Å². The van der Waals surface area contributed by atoms with Gasteiger partial charge in [0.25, 0.3) is 0 Å². The molecule has 0 saturated heterocycles. The van der Waals surface area contributed by atoms with E-state index in [1.165, 1.54) is 16.3 Å². The number of nitrogens with zero attached hydrogens (tertiary/aromatic N) is 3. The first-order chi connectivity index (χ1) is 10.7. The lowest BCUT2D eigenvalue weighted by atomic mass is 10.1. The summed E-state index contributed by atoms with van der Waals surface area (Å²) in [4.78, 5) is 4.56. The Balaban J connectivity index is 0.000000561. The number of hydrogen-bond donors (Lipinski definition) is 0. The molecule has 0 bridgehead atoms. The Morgan fingerprint density at radius 1 is 0.955 bits per heavy atom. The van der Waals surface area contributed by atoms with Crippen molar-refractivity contribution in [2.45, 2.75) is 41.5 Å². The molecule has 0 spiro atoms. The minimum Gasteiger partial charge on any atom is -0.272 e. The van der Waals surface area contributed by atoms with Gasteiger partial charge in [0.1, 0.15) is 0 Å². The van der Waals surface area contributed by atoms with Gasteiger partial charge in [-0.2, -0.15) is 5.10 Å². The molecule has 118 valence electrons. The van der Waals surface area contributed by atoms with Crippen LogP contribution < -0.4 is 0 Å². The molecule has 0 aliphatic heterocycles. The van der Waals surface area contributed by atoms with E-state index in [4.69, 9.17) is 0 Å². The van der Waals surface area contributed by atoms with Crippen LogP contribution in [0.3, 0.4) is 0 Å². The van der Waals surface area contributed by atoms with Crippen molar-refractivity contribution in [2.75, 3.05) is 0 Å². The maximum Gasteiger partial charge on any atom is 0.0742 e. The molecule has 3 aromatic rings. The number of rotatable bonds is 1. The summed E-state index contributed by atoms with van der Waals surface area (Å²) in [6.45, 7) is 12.2. The van der Waals surface area contributed by atoms with E-state index in [-0.39, 0.29) is 0 Å². The van der Waals surface area contributed by atoms with Crippen LogP contribution in [0.15, 0.2) is 36.7 Å². The van der Waals surface area contributed by atoms with E-state index in [0.29, 0.717) is 0 Å². The summed E-state index contributed by atoms with van der Waals surface area (Å²) in [5.41, 5.74) is 4.48. The summed E-state index contributed by atoms with van der Waals surface area (Å²) >= 11 is 0. The van der Waals surface area contributed by atoms with E-state index in [2.05, 4.69) is 48.2 Å². The Labute approximate surface area is 134 Å². The SMILES string of the molecule is CC.CC.Cc1cccc2cc(-c3cnn(C)c3C)ncc12. The Hall–Kier alpha value is -2.16. The zero-order chi connectivity index (χ0) is 16.7. The average Bonchev–Trinajstić information content (AvgIpc) is 2.91. The summed E-state index contributed by atoms with van der Waals surface area (Å²) in [6.07, 6.45) is 3.83. The largest absolute Gasteiger partial charge is 0.272 e. The maximum absolute atomic E-state index is 4.56. The molecular formula is C19H27N3. The molecular weight excluding hydrogens is 270 g/mol. The van der Waals surface area contributed by atoms with Gasteiger partial charge in [-0.15, -0.1) is 0 Å². The van der Waals surface area contributed by atoms with Gasteiger partial charge in [-0.25, -0.2) is 0 Å². The summed E-state index contributed by atoms with van der Waals surface area (Å²) in [5.74, 6) is 0. The van der Waals surface area contributed by atoms with Crippen molar-refractivity contribution in [2.24, 2.45) is 7.05 Å². The van der Waals surface area contributed by atoms with Crippen molar-refractivity contribution in [3.05, 3.63) is 47.9 Å². The molecule has 2 heterocycles. The van der Waals surface area contributed by atoms with E-state index in [9.17, 15) is 0 Å². The molecule has 1 aromatic carbocycles. The normalized spacial score (nSPS) is 9.59. The zero-order valence-electron chi connectivity index (χ0n) is 14.8. The monoisotopic (exact) mass is 297 g/mol. The molecule has 0 radical (unpaired) electrons. The molecule has 0 aliphatic carbocycles. The third-order valence-electron chi connectivity index (χ3n) is 3.49. The molecule has 3 rings (SSSR count). The van der Waals surface area contributed by atoms with Crippen molar-refractivity contribution in [3.63, 3.8) is 0 Å². The first-order valence-electron chi connectivity index (χ1n) is 8.01. The van der Waals surface area contributed by atoms with Crippen molar-refractivity contribution < 1.29 is 0 Å². The molecule has 0 fully saturated rings. The molecule has 0 aliphatic rings. The lowest BCUT2D eigenvalue weighted by Crippen LogP contribution is -1.93.